The van der Waals surface area contributed by atoms with Crippen molar-refractivity contribution in [3.05, 3.63) is 12.2 Å². The fraction of sp³-hybridized carbons (Fsp3) is 0.714. The monoisotopic (exact) mass is 147 g/mol. The van der Waals surface area contributed by atoms with Gasteiger partial charge in [0.15, 0.2) is 0 Å². The first kappa shape index (κ1) is 9.05. The molecule has 0 amide bonds. The van der Waals surface area contributed by atoms with Crippen LogP contribution in [0, 0.1) is 0 Å². The first-order valence-electron chi connectivity index (χ1n) is 3.01. The van der Waals surface area contributed by atoms with Crippen molar-refractivity contribution in [1.29, 1.82) is 0 Å². The van der Waals surface area contributed by atoms with Gasteiger partial charge in [0.2, 0.25) is 0 Å². The Labute approximate surface area is 60.1 Å². The number of hydrogen-bond donors (Lipinski definition) is 1. The van der Waals surface area contributed by atoms with Gasteiger partial charge in [0, 0.05) is 0 Å². The summed E-state index contributed by atoms with van der Waals surface area (Å²) < 4.78 is 0. The van der Waals surface area contributed by atoms with Gasteiger partial charge in [0.1, 0.15) is 11.5 Å². The summed E-state index contributed by atoms with van der Waals surface area (Å²) in [5, 5.41) is 8.53. The smallest absolute Gasteiger partial charge is 0.131 e. The highest BCUT2D eigenvalue weighted by Gasteiger charge is 2.08. The van der Waals surface area contributed by atoms with Gasteiger partial charge in [-0.05, 0) is 23.4 Å². The Kier molecular flexibility index (Phi) is 4.91. The Bertz CT molecular complexity index is 90.9. The van der Waals surface area contributed by atoms with Crippen LogP contribution >= 0.6 is 0 Å². The van der Waals surface area contributed by atoms with E-state index >= 15 is 0 Å². The molecule has 0 saturated carbocycles. The van der Waals surface area contributed by atoms with Crippen LogP contribution in [0.25, 0.3) is 0 Å². The Morgan fingerprint density at radius 1 is 1.67 bits per heavy atom. The van der Waals surface area contributed by atoms with Crippen molar-refractivity contribution in [3.63, 3.8) is 0 Å². The molecule has 0 fully saturated rings. The van der Waals surface area contributed by atoms with E-state index in [1.807, 2.05) is 6.92 Å². The lowest BCUT2D eigenvalue weighted by Gasteiger charge is -1.98. The summed E-state index contributed by atoms with van der Waals surface area (Å²) >= 11 is 0. The summed E-state index contributed by atoms with van der Waals surface area (Å²) in [6.07, 6.45) is 2.16. The second-order valence-electron chi connectivity index (χ2n) is 2.31. The Balaban J connectivity index is 3.26. The molecular weight excluding hydrogens is 132 g/mol. The molecule has 0 aromatic heterocycles. The molecule has 9 heavy (non-hydrogen) atoms. The van der Waals surface area contributed by atoms with Crippen molar-refractivity contribution in [3.8, 4) is 0 Å². The summed E-state index contributed by atoms with van der Waals surface area (Å²) in [5.74, 6) is 1.99. The van der Waals surface area contributed by atoms with E-state index in [9.17, 15) is 0 Å². The van der Waals surface area contributed by atoms with Gasteiger partial charge in [0.05, 0.1) is 12.9 Å². The maximum absolute atomic E-state index is 8.53. The molecule has 0 heterocycles. The lowest BCUT2D eigenvalue weighted by molar-refractivity contribution is 0.322. The van der Waals surface area contributed by atoms with Gasteiger partial charge < -0.3 is 5.11 Å². The van der Waals surface area contributed by atoms with Gasteiger partial charge in [-0.1, -0.05) is 6.58 Å². The van der Waals surface area contributed by atoms with E-state index in [2.05, 4.69) is 12.8 Å². The zero-order valence-corrected chi connectivity index (χ0v) is 7.00. The van der Waals surface area contributed by atoms with E-state index < -0.39 is 0 Å². The first-order valence-corrected chi connectivity index (χ1v) is 4.98. The maximum Gasteiger partial charge on any atom is 0.131 e. The minimum atomic E-state index is 0.312. The molecule has 0 aromatic rings. The molecule has 1 unspecified atom stereocenters. The van der Waals surface area contributed by atoms with Crippen LogP contribution in [0.15, 0.2) is 12.2 Å². The van der Waals surface area contributed by atoms with Crippen molar-refractivity contribution in [1.82, 2.24) is 0 Å². The fourth-order valence-electron chi connectivity index (χ4n) is 0.649. The van der Waals surface area contributed by atoms with Crippen LogP contribution in [0.2, 0.25) is 0 Å². The lowest BCUT2D eigenvalue weighted by atomic mass is 10.4. The average Bonchev–Trinajstić information content (AvgIpc) is 1.63. The molecule has 1 N–H and O–H groups in total. The van der Waals surface area contributed by atoms with Crippen molar-refractivity contribution >= 4 is 10.9 Å². The van der Waals surface area contributed by atoms with E-state index in [1.165, 1.54) is 5.57 Å². The molecule has 0 aliphatic rings. The molecule has 1 nitrogen and oxygen atoms in total. The summed E-state index contributed by atoms with van der Waals surface area (Å²) in [6.45, 7) is 6.14. The summed E-state index contributed by atoms with van der Waals surface area (Å²) in [5.41, 5.74) is 1.22. The quantitative estimate of drug-likeness (QED) is 0.461. The van der Waals surface area contributed by atoms with Crippen molar-refractivity contribution in [2.75, 3.05) is 24.4 Å². The third kappa shape index (κ3) is 5.93. The molecule has 0 aliphatic heterocycles. The predicted octanol–water partition coefficient (Wildman–Crippen LogP) is 0.803. The van der Waals surface area contributed by atoms with Crippen molar-refractivity contribution in [2.45, 2.75) is 6.92 Å². The largest absolute Gasteiger partial charge is 0.391 e. The van der Waals surface area contributed by atoms with Crippen molar-refractivity contribution in [2.24, 2.45) is 0 Å². The molecule has 0 saturated heterocycles. The molecule has 2 heteroatoms. The van der Waals surface area contributed by atoms with Gasteiger partial charge >= 0.3 is 0 Å². The highest BCUT2D eigenvalue weighted by molar-refractivity contribution is 7.96. The van der Waals surface area contributed by atoms with E-state index in [-0.39, 0.29) is 0 Å². The standard InChI is InChI=1S/C7H15OS/c1-7(2)6-9(3)5-4-8/h8H,1,4-6H2,2-3H3/q+1. The summed E-state index contributed by atoms with van der Waals surface area (Å²) in [6, 6.07) is 0. The normalized spacial score (nSPS) is 13.2. The Morgan fingerprint density at radius 3 is 2.56 bits per heavy atom. The third-order valence-corrected chi connectivity index (χ3v) is 2.80. The zero-order valence-electron chi connectivity index (χ0n) is 6.18. The molecule has 0 radical (unpaired) electrons. The Hall–Kier alpha value is 0.0500. The third-order valence-electron chi connectivity index (χ3n) is 0.933. The highest BCUT2D eigenvalue weighted by Crippen LogP contribution is 1.97. The number of rotatable bonds is 4. The maximum atomic E-state index is 8.53. The van der Waals surface area contributed by atoms with Crippen LogP contribution in [-0.2, 0) is 10.9 Å². The molecule has 54 valence electrons. The Morgan fingerprint density at radius 2 is 2.22 bits per heavy atom. The molecule has 0 spiro atoms. The van der Waals surface area contributed by atoms with Gasteiger partial charge in [0.25, 0.3) is 0 Å². The lowest BCUT2D eigenvalue weighted by Crippen LogP contribution is -2.12. The highest BCUT2D eigenvalue weighted by atomic mass is 32.2. The van der Waals surface area contributed by atoms with Crippen LogP contribution < -0.4 is 0 Å². The van der Waals surface area contributed by atoms with Crippen molar-refractivity contribution < 1.29 is 5.11 Å². The first-order chi connectivity index (χ1) is 4.16. The predicted molar refractivity (Wildman–Crippen MR) is 44.9 cm³/mol. The second kappa shape index (κ2) is 4.89. The van der Waals surface area contributed by atoms with Gasteiger partial charge in [-0.3, -0.25) is 0 Å². The topological polar surface area (TPSA) is 20.2 Å². The SMILES string of the molecule is C=C(C)C[S+](C)CCO. The number of aliphatic hydroxyl groups is 1. The fourth-order valence-corrected chi connectivity index (χ4v) is 1.95. The van der Waals surface area contributed by atoms with Crippen LogP contribution in [0.1, 0.15) is 6.92 Å². The minimum absolute atomic E-state index is 0.312. The molecule has 1 atom stereocenters. The minimum Gasteiger partial charge on any atom is -0.391 e. The van der Waals surface area contributed by atoms with Crippen LogP contribution in [-0.4, -0.2) is 29.5 Å². The zero-order chi connectivity index (χ0) is 7.28. The average molecular weight is 147 g/mol. The summed E-state index contributed by atoms with van der Waals surface area (Å²) in [7, 11) is 0.350. The van der Waals surface area contributed by atoms with Crippen LogP contribution in [0.4, 0.5) is 0 Å². The van der Waals surface area contributed by atoms with E-state index in [4.69, 9.17) is 5.11 Å². The van der Waals surface area contributed by atoms with E-state index in [0.717, 1.165) is 11.5 Å². The van der Waals surface area contributed by atoms with Gasteiger partial charge in [-0.25, -0.2) is 0 Å². The number of hydrogen-bond acceptors (Lipinski definition) is 1. The van der Waals surface area contributed by atoms with Crippen LogP contribution in [0.3, 0.4) is 0 Å². The van der Waals surface area contributed by atoms with E-state index in [1.54, 1.807) is 0 Å². The molecule has 0 rings (SSSR count). The molecule has 0 bridgehead atoms. The number of aliphatic hydroxyl groups excluding tert-OH is 1. The molecular formula is C7H15OS+. The molecule has 0 aliphatic carbocycles. The second-order valence-corrected chi connectivity index (χ2v) is 4.57. The van der Waals surface area contributed by atoms with E-state index in [0.29, 0.717) is 17.5 Å². The van der Waals surface area contributed by atoms with Gasteiger partial charge in [-0.15, -0.1) is 0 Å². The van der Waals surface area contributed by atoms with Gasteiger partial charge in [-0.2, -0.15) is 0 Å². The molecule has 0 aromatic carbocycles. The summed E-state index contributed by atoms with van der Waals surface area (Å²) in [4.78, 5) is 0. The van der Waals surface area contributed by atoms with Crippen LogP contribution in [0.5, 0.6) is 0 Å².